The summed E-state index contributed by atoms with van der Waals surface area (Å²) in [7, 11) is 0. The number of anilines is 3. The second kappa shape index (κ2) is 12.3. The zero-order valence-electron chi connectivity index (χ0n) is 33.5. The normalized spacial score (nSPS) is 13.3. The van der Waals surface area contributed by atoms with Crippen LogP contribution in [-0.2, 0) is 5.41 Å². The molecule has 0 unspecified atom stereocenters. The summed E-state index contributed by atoms with van der Waals surface area (Å²) in [5, 5.41) is 20.5. The van der Waals surface area contributed by atoms with Crippen LogP contribution in [0.2, 0.25) is 0 Å². The molecule has 0 bridgehead atoms. The minimum Gasteiger partial charge on any atom is -0.310 e. The lowest BCUT2D eigenvalue weighted by Crippen LogP contribution is -2.15. The summed E-state index contributed by atoms with van der Waals surface area (Å²) in [5.74, 6) is 0. The fourth-order valence-electron chi connectivity index (χ4n) is 10.8. The fourth-order valence-corrected chi connectivity index (χ4v) is 10.8. The van der Waals surface area contributed by atoms with Crippen LogP contribution in [0.4, 0.5) is 17.1 Å². The quantitative estimate of drug-likeness (QED) is 0.162. The predicted molar refractivity (Wildman–Crippen MR) is 259 cm³/mol. The lowest BCUT2D eigenvalue weighted by Gasteiger charge is -2.28. The van der Waals surface area contributed by atoms with Crippen molar-refractivity contribution in [1.29, 1.82) is 0 Å². The van der Waals surface area contributed by atoms with Crippen molar-refractivity contribution in [2.24, 2.45) is 0 Å². The molecule has 1 aliphatic rings. The Hall–Kier alpha value is -7.48. The zero-order valence-corrected chi connectivity index (χ0v) is 33.5. The van der Waals surface area contributed by atoms with Gasteiger partial charge >= 0.3 is 0 Å². The molecular formula is C59H39N. The number of hydrogen-bond acceptors (Lipinski definition) is 1. The van der Waals surface area contributed by atoms with E-state index >= 15 is 0 Å². The molecule has 0 aliphatic heterocycles. The number of rotatable bonds is 3. The molecule has 13 rings (SSSR count). The van der Waals surface area contributed by atoms with Crippen molar-refractivity contribution in [3.63, 3.8) is 0 Å². The van der Waals surface area contributed by atoms with Gasteiger partial charge in [0.2, 0.25) is 0 Å². The van der Waals surface area contributed by atoms with Crippen LogP contribution < -0.4 is 4.90 Å². The Bertz CT molecular complexity index is 3810. The lowest BCUT2D eigenvalue weighted by atomic mass is 9.80. The molecule has 0 N–H and O–H groups in total. The van der Waals surface area contributed by atoms with Crippen LogP contribution in [0.25, 0.3) is 97.3 Å². The van der Waals surface area contributed by atoms with Gasteiger partial charge in [-0.3, -0.25) is 0 Å². The van der Waals surface area contributed by atoms with Gasteiger partial charge in [0.05, 0.1) is 5.69 Å². The van der Waals surface area contributed by atoms with Gasteiger partial charge in [0.15, 0.2) is 0 Å². The molecule has 0 saturated carbocycles. The van der Waals surface area contributed by atoms with Crippen LogP contribution in [-0.4, -0.2) is 0 Å². The van der Waals surface area contributed by atoms with E-state index in [0.29, 0.717) is 0 Å². The summed E-state index contributed by atoms with van der Waals surface area (Å²) < 4.78 is 0. The standard InChI is InChI=1S/C59H39N/c1-59(2)56-34-52-45-22-10-8-20-43(45)42-19-7-9-21-44(42)50(52)32-54(56)55-33-51-47-24-12-11-23-46(47)49-31-40(28-29-48(49)53(51)35-57(55)59)60(39-27-26-36-14-3-4-16-38(36)30-39)58-25-13-17-37-15-5-6-18-41(37)58/h3-35H,1-2H3. The SMILES string of the molecule is CC1(C)c2cc3c4ccccc4c4ccccc4c3cc2-c2cc3c4ccccc4c4cc(N(c5ccc6ccccc6c5)c5cccc6ccccc56)ccc4c3cc21. The van der Waals surface area contributed by atoms with Crippen molar-refractivity contribution >= 4 is 103 Å². The van der Waals surface area contributed by atoms with E-state index in [1.54, 1.807) is 0 Å². The van der Waals surface area contributed by atoms with Crippen LogP contribution in [0, 0.1) is 0 Å². The second-order valence-electron chi connectivity index (χ2n) is 17.2. The van der Waals surface area contributed by atoms with Crippen molar-refractivity contribution in [3.8, 4) is 11.1 Å². The molecule has 12 aromatic rings. The van der Waals surface area contributed by atoms with E-state index in [1.165, 1.54) is 108 Å². The van der Waals surface area contributed by atoms with E-state index in [-0.39, 0.29) is 5.41 Å². The van der Waals surface area contributed by atoms with Crippen LogP contribution in [0.1, 0.15) is 25.0 Å². The van der Waals surface area contributed by atoms with Gasteiger partial charge in [-0.25, -0.2) is 0 Å². The minimum atomic E-state index is -0.182. The summed E-state index contributed by atoms with van der Waals surface area (Å²) >= 11 is 0. The Morgan fingerprint density at radius 3 is 1.27 bits per heavy atom. The highest BCUT2D eigenvalue weighted by Crippen LogP contribution is 2.54. The van der Waals surface area contributed by atoms with Crippen LogP contribution in [0.15, 0.2) is 200 Å². The molecule has 0 aromatic heterocycles. The molecule has 0 atom stereocenters. The molecule has 0 radical (unpaired) electrons. The molecule has 0 fully saturated rings. The largest absolute Gasteiger partial charge is 0.310 e. The van der Waals surface area contributed by atoms with Gasteiger partial charge in [-0.15, -0.1) is 0 Å². The topological polar surface area (TPSA) is 3.24 Å². The van der Waals surface area contributed by atoms with E-state index in [1.807, 2.05) is 0 Å². The first-order valence-corrected chi connectivity index (χ1v) is 21.1. The van der Waals surface area contributed by atoms with Gasteiger partial charge < -0.3 is 4.90 Å². The third-order valence-electron chi connectivity index (χ3n) is 13.7. The average Bonchev–Trinajstić information content (AvgIpc) is 3.52. The lowest BCUT2D eigenvalue weighted by molar-refractivity contribution is 0.662. The molecule has 60 heavy (non-hydrogen) atoms. The van der Waals surface area contributed by atoms with Crippen molar-refractivity contribution in [2.45, 2.75) is 19.3 Å². The Morgan fingerprint density at radius 1 is 0.283 bits per heavy atom. The predicted octanol–water partition coefficient (Wildman–Crippen LogP) is 16.7. The third-order valence-corrected chi connectivity index (χ3v) is 13.7. The van der Waals surface area contributed by atoms with Crippen molar-refractivity contribution in [3.05, 3.63) is 211 Å². The molecular weight excluding hydrogens is 723 g/mol. The Labute approximate surface area is 348 Å². The highest BCUT2D eigenvalue weighted by Gasteiger charge is 2.37. The first-order valence-electron chi connectivity index (χ1n) is 21.1. The number of fused-ring (bicyclic) bond motifs is 17. The van der Waals surface area contributed by atoms with Gasteiger partial charge in [0.25, 0.3) is 0 Å². The zero-order chi connectivity index (χ0) is 39.7. The fraction of sp³-hybridized carbons (Fsp3) is 0.0508. The molecule has 1 nitrogen and oxygen atoms in total. The summed E-state index contributed by atoms with van der Waals surface area (Å²) in [4.78, 5) is 2.45. The molecule has 280 valence electrons. The number of benzene rings is 12. The third kappa shape index (κ3) is 4.63. The van der Waals surface area contributed by atoms with E-state index in [2.05, 4.69) is 219 Å². The summed E-state index contributed by atoms with van der Waals surface area (Å²) in [6.07, 6.45) is 0. The molecule has 0 heterocycles. The van der Waals surface area contributed by atoms with Gasteiger partial charge in [-0.05, 0) is 158 Å². The first kappa shape index (κ1) is 33.5. The summed E-state index contributed by atoms with van der Waals surface area (Å²) in [6, 6.07) is 75.0. The number of nitrogens with zero attached hydrogens (tertiary/aromatic N) is 1. The van der Waals surface area contributed by atoms with E-state index in [4.69, 9.17) is 0 Å². The van der Waals surface area contributed by atoms with Crippen LogP contribution >= 0.6 is 0 Å². The molecule has 1 aliphatic carbocycles. The molecule has 1 heteroatoms. The highest BCUT2D eigenvalue weighted by atomic mass is 15.1. The Morgan fingerprint density at radius 2 is 0.683 bits per heavy atom. The van der Waals surface area contributed by atoms with Gasteiger partial charge in [-0.1, -0.05) is 159 Å². The number of hydrogen-bond donors (Lipinski definition) is 0. The van der Waals surface area contributed by atoms with Gasteiger partial charge in [-0.2, -0.15) is 0 Å². The van der Waals surface area contributed by atoms with Gasteiger partial charge in [0, 0.05) is 22.2 Å². The minimum absolute atomic E-state index is 0.182. The van der Waals surface area contributed by atoms with E-state index in [0.717, 1.165) is 17.1 Å². The smallest absolute Gasteiger partial charge is 0.0540 e. The van der Waals surface area contributed by atoms with Crippen molar-refractivity contribution < 1.29 is 0 Å². The maximum absolute atomic E-state index is 2.53. The average molecular weight is 762 g/mol. The van der Waals surface area contributed by atoms with E-state index in [9.17, 15) is 0 Å². The Balaban J connectivity index is 1.07. The maximum atomic E-state index is 2.53. The Kier molecular flexibility index (Phi) is 6.85. The highest BCUT2D eigenvalue weighted by molar-refractivity contribution is 6.28. The molecule has 0 saturated heterocycles. The molecule has 0 spiro atoms. The maximum Gasteiger partial charge on any atom is 0.0540 e. The molecule has 12 aromatic carbocycles. The summed E-state index contributed by atoms with van der Waals surface area (Å²) in [5.41, 5.74) is 8.75. The monoisotopic (exact) mass is 761 g/mol. The van der Waals surface area contributed by atoms with Crippen molar-refractivity contribution in [2.75, 3.05) is 4.90 Å². The first-order chi connectivity index (χ1) is 29.5. The molecule has 0 amide bonds. The van der Waals surface area contributed by atoms with Crippen LogP contribution in [0.3, 0.4) is 0 Å². The van der Waals surface area contributed by atoms with E-state index < -0.39 is 0 Å². The summed E-state index contributed by atoms with van der Waals surface area (Å²) in [6.45, 7) is 4.84. The van der Waals surface area contributed by atoms with Crippen LogP contribution in [0.5, 0.6) is 0 Å². The second-order valence-corrected chi connectivity index (χ2v) is 17.2. The van der Waals surface area contributed by atoms with Crippen molar-refractivity contribution in [1.82, 2.24) is 0 Å². The van der Waals surface area contributed by atoms with Gasteiger partial charge in [0.1, 0.15) is 0 Å².